The molecule has 0 spiro atoms. The molecule has 0 aliphatic rings. The van der Waals surface area contributed by atoms with Crippen molar-refractivity contribution in [2.45, 2.75) is 58.2 Å². The Balaban J connectivity index is 1.92. The lowest BCUT2D eigenvalue weighted by molar-refractivity contribution is -0.142. The number of benzene rings is 3. The molecular weight excluding hydrogens is 661 g/mol. The molecule has 7 nitrogen and oxygen atoms in total. The zero-order valence-electron chi connectivity index (χ0n) is 24.1. The van der Waals surface area contributed by atoms with Gasteiger partial charge in [-0.2, -0.15) is 0 Å². The molecule has 0 saturated heterocycles. The second-order valence-corrected chi connectivity index (χ2v) is 14.8. The molecule has 1 atom stereocenters. The van der Waals surface area contributed by atoms with Crippen LogP contribution in [0, 0.1) is 0 Å². The summed E-state index contributed by atoms with van der Waals surface area (Å²) in [6, 6.07) is 20.9. The molecule has 2 amide bonds. The van der Waals surface area contributed by atoms with Crippen molar-refractivity contribution in [3.63, 3.8) is 0 Å². The van der Waals surface area contributed by atoms with E-state index in [1.54, 1.807) is 11.0 Å². The SMILES string of the molecule is CC(C)(C)NC(=O)[C@H](Cc1ccccc1)N(Cc1ccc(Br)cc1)C(=O)CCCN(c1cc(Cl)ccc1Cl)S(C)(=O)=O. The Morgan fingerprint density at radius 3 is 2.19 bits per heavy atom. The van der Waals surface area contributed by atoms with Gasteiger partial charge in [0.1, 0.15) is 6.04 Å². The first-order valence-electron chi connectivity index (χ1n) is 13.5. The summed E-state index contributed by atoms with van der Waals surface area (Å²) in [5.41, 5.74) is 1.51. The Bertz CT molecular complexity index is 1480. The molecule has 0 aliphatic heterocycles. The van der Waals surface area contributed by atoms with Crippen molar-refractivity contribution in [2.24, 2.45) is 0 Å². The van der Waals surface area contributed by atoms with Crippen molar-refractivity contribution in [2.75, 3.05) is 17.1 Å². The van der Waals surface area contributed by atoms with Gasteiger partial charge in [-0.15, -0.1) is 0 Å². The summed E-state index contributed by atoms with van der Waals surface area (Å²) in [6.45, 7) is 5.90. The van der Waals surface area contributed by atoms with Gasteiger partial charge in [-0.05, 0) is 68.7 Å². The van der Waals surface area contributed by atoms with E-state index in [0.29, 0.717) is 11.4 Å². The van der Waals surface area contributed by atoms with Gasteiger partial charge in [-0.1, -0.05) is 81.6 Å². The van der Waals surface area contributed by atoms with Crippen molar-refractivity contribution in [3.05, 3.63) is 98.4 Å². The van der Waals surface area contributed by atoms with Crippen LogP contribution in [0.2, 0.25) is 10.0 Å². The molecule has 226 valence electrons. The number of rotatable bonds is 12. The number of halogens is 3. The Morgan fingerprint density at radius 1 is 0.952 bits per heavy atom. The molecule has 0 heterocycles. The second kappa shape index (κ2) is 14.7. The summed E-state index contributed by atoms with van der Waals surface area (Å²) < 4.78 is 27.4. The maximum Gasteiger partial charge on any atom is 0.243 e. The van der Waals surface area contributed by atoms with Crippen LogP contribution in [0.1, 0.15) is 44.7 Å². The topological polar surface area (TPSA) is 86.8 Å². The second-order valence-electron chi connectivity index (χ2n) is 11.1. The molecular formula is C31H36BrCl2N3O4S. The van der Waals surface area contributed by atoms with Gasteiger partial charge in [0.15, 0.2) is 0 Å². The lowest BCUT2D eigenvalue weighted by atomic mass is 10.00. The molecule has 0 fully saturated rings. The highest BCUT2D eigenvalue weighted by atomic mass is 79.9. The van der Waals surface area contributed by atoms with Gasteiger partial charge in [-0.3, -0.25) is 13.9 Å². The lowest BCUT2D eigenvalue weighted by Gasteiger charge is -2.34. The van der Waals surface area contributed by atoms with E-state index in [4.69, 9.17) is 23.2 Å². The zero-order valence-corrected chi connectivity index (χ0v) is 28.0. The molecule has 0 radical (unpaired) electrons. The largest absolute Gasteiger partial charge is 0.350 e. The molecule has 3 rings (SSSR count). The minimum Gasteiger partial charge on any atom is -0.350 e. The summed E-state index contributed by atoms with van der Waals surface area (Å²) in [5, 5.41) is 3.61. The van der Waals surface area contributed by atoms with Crippen LogP contribution in [-0.2, 0) is 32.6 Å². The fraction of sp³-hybridized carbons (Fsp3) is 0.355. The number of amides is 2. The molecule has 11 heteroatoms. The van der Waals surface area contributed by atoms with Gasteiger partial charge < -0.3 is 10.2 Å². The minimum atomic E-state index is -3.72. The number of hydrogen-bond donors (Lipinski definition) is 1. The predicted octanol–water partition coefficient (Wildman–Crippen LogP) is 6.86. The number of nitrogens with one attached hydrogen (secondary N) is 1. The summed E-state index contributed by atoms with van der Waals surface area (Å²) in [7, 11) is -3.72. The van der Waals surface area contributed by atoms with E-state index in [9.17, 15) is 18.0 Å². The van der Waals surface area contributed by atoms with Gasteiger partial charge in [0.25, 0.3) is 0 Å². The number of carbonyl (C=O) groups is 2. The number of hydrogen-bond acceptors (Lipinski definition) is 4. The fourth-order valence-electron chi connectivity index (χ4n) is 4.45. The van der Waals surface area contributed by atoms with Gasteiger partial charge in [0, 0.05) is 41.0 Å². The Hall–Kier alpha value is -2.59. The number of anilines is 1. The maximum atomic E-state index is 13.9. The fourth-order valence-corrected chi connectivity index (χ4v) is 6.12. The van der Waals surface area contributed by atoms with E-state index in [1.165, 1.54) is 12.1 Å². The summed E-state index contributed by atoms with van der Waals surface area (Å²) >= 11 is 15.9. The third-order valence-corrected chi connectivity index (χ3v) is 8.63. The molecule has 3 aromatic rings. The number of nitrogens with zero attached hydrogens (tertiary/aromatic N) is 2. The predicted molar refractivity (Wildman–Crippen MR) is 174 cm³/mol. The average molecular weight is 698 g/mol. The van der Waals surface area contributed by atoms with Crippen molar-refractivity contribution >= 4 is 66.7 Å². The Kier molecular flexibility index (Phi) is 11.9. The molecule has 0 aliphatic carbocycles. The Labute approximate surface area is 267 Å². The zero-order chi connectivity index (χ0) is 31.1. The average Bonchev–Trinajstić information content (AvgIpc) is 2.90. The first-order chi connectivity index (χ1) is 19.6. The number of carbonyl (C=O) groups excluding carboxylic acids is 2. The van der Waals surface area contributed by atoms with Gasteiger partial charge in [0.2, 0.25) is 21.8 Å². The minimum absolute atomic E-state index is 0.00823. The van der Waals surface area contributed by atoms with Crippen LogP contribution in [0.4, 0.5) is 5.69 Å². The molecule has 0 unspecified atom stereocenters. The highest BCUT2D eigenvalue weighted by Gasteiger charge is 2.32. The maximum absolute atomic E-state index is 13.9. The third-order valence-electron chi connectivity index (χ3n) is 6.36. The summed E-state index contributed by atoms with van der Waals surface area (Å²) in [4.78, 5) is 29.2. The van der Waals surface area contributed by atoms with E-state index in [-0.39, 0.29) is 48.5 Å². The highest BCUT2D eigenvalue weighted by molar-refractivity contribution is 9.10. The van der Waals surface area contributed by atoms with Crippen LogP contribution in [0.25, 0.3) is 0 Å². The molecule has 42 heavy (non-hydrogen) atoms. The number of sulfonamides is 1. The van der Waals surface area contributed by atoms with E-state index in [1.807, 2.05) is 75.4 Å². The van der Waals surface area contributed by atoms with E-state index in [0.717, 1.165) is 26.2 Å². The van der Waals surface area contributed by atoms with Crippen molar-refractivity contribution in [3.8, 4) is 0 Å². The lowest BCUT2D eigenvalue weighted by Crippen LogP contribution is -2.54. The summed E-state index contributed by atoms with van der Waals surface area (Å²) in [5.74, 6) is -0.533. The van der Waals surface area contributed by atoms with E-state index >= 15 is 0 Å². The molecule has 3 aromatic carbocycles. The quantitative estimate of drug-likeness (QED) is 0.224. The molecule has 0 saturated carbocycles. The van der Waals surface area contributed by atoms with Crippen molar-refractivity contribution in [1.82, 2.24) is 10.2 Å². The molecule has 0 bridgehead atoms. The van der Waals surface area contributed by atoms with Crippen LogP contribution >= 0.6 is 39.1 Å². The van der Waals surface area contributed by atoms with Gasteiger partial charge in [0.05, 0.1) is 17.0 Å². The van der Waals surface area contributed by atoms with Crippen molar-refractivity contribution in [1.29, 1.82) is 0 Å². The Morgan fingerprint density at radius 2 is 1.60 bits per heavy atom. The van der Waals surface area contributed by atoms with Gasteiger partial charge >= 0.3 is 0 Å². The van der Waals surface area contributed by atoms with Crippen LogP contribution in [0.3, 0.4) is 0 Å². The monoisotopic (exact) mass is 695 g/mol. The molecule has 1 N–H and O–H groups in total. The normalized spacial score (nSPS) is 12.5. The van der Waals surface area contributed by atoms with Crippen LogP contribution in [0.15, 0.2) is 77.3 Å². The summed E-state index contributed by atoms with van der Waals surface area (Å²) in [6.07, 6.45) is 1.61. The standard InChI is InChI=1S/C31H36BrCl2N3O4S/c1-31(2,3)35-30(39)28(19-22-9-6-5-7-10-22)36(21-23-12-14-24(32)15-13-23)29(38)11-8-18-37(42(4,40)41)27-20-25(33)16-17-26(27)34/h5-7,9-10,12-17,20,28H,8,11,18-19,21H2,1-4H3,(H,35,39)/t28-/m0/s1. The highest BCUT2D eigenvalue weighted by Crippen LogP contribution is 2.31. The first-order valence-corrected chi connectivity index (χ1v) is 16.9. The first kappa shape index (κ1) is 33.9. The van der Waals surface area contributed by atoms with Gasteiger partial charge in [-0.25, -0.2) is 8.42 Å². The van der Waals surface area contributed by atoms with E-state index < -0.39 is 21.6 Å². The van der Waals surface area contributed by atoms with Crippen molar-refractivity contribution < 1.29 is 18.0 Å². The van der Waals surface area contributed by atoms with Crippen LogP contribution in [-0.4, -0.2) is 49.5 Å². The van der Waals surface area contributed by atoms with Crippen LogP contribution in [0.5, 0.6) is 0 Å². The van der Waals surface area contributed by atoms with Crippen LogP contribution < -0.4 is 9.62 Å². The third kappa shape index (κ3) is 10.3. The molecule has 0 aromatic heterocycles. The smallest absolute Gasteiger partial charge is 0.243 e. The van der Waals surface area contributed by atoms with E-state index in [2.05, 4.69) is 21.2 Å².